The average Bonchev–Trinajstić information content (AvgIpc) is 3.65. The Hall–Kier alpha value is -2.33. The molecule has 9 nitrogen and oxygen atoms in total. The van der Waals surface area contributed by atoms with Gasteiger partial charge in [0.1, 0.15) is 18.3 Å². The summed E-state index contributed by atoms with van der Waals surface area (Å²) in [5.74, 6) is -1.88. The number of ketones is 1. The number of carbonyl (C=O) groups is 4. The number of H-pyrrole nitrogens is 1. The molecule has 37 heavy (non-hydrogen) atoms. The lowest BCUT2D eigenvalue weighted by molar-refractivity contribution is -0.133. The molecule has 1 aromatic carbocycles. The molecular formula is C25H27Cl3N4O5. The van der Waals surface area contributed by atoms with Crippen LogP contribution in [-0.2, 0) is 14.4 Å². The van der Waals surface area contributed by atoms with Gasteiger partial charge in [0, 0.05) is 24.4 Å². The van der Waals surface area contributed by atoms with Crippen LogP contribution in [0.25, 0.3) is 10.9 Å². The Labute approximate surface area is 228 Å². The van der Waals surface area contributed by atoms with Crippen LogP contribution >= 0.6 is 34.8 Å². The molecule has 1 saturated carbocycles. The van der Waals surface area contributed by atoms with Crippen LogP contribution in [-0.4, -0.2) is 70.3 Å². The topological polar surface area (TPSA) is 132 Å². The number of rotatable bonds is 7. The van der Waals surface area contributed by atoms with Crippen molar-refractivity contribution in [2.45, 2.75) is 44.2 Å². The highest BCUT2D eigenvalue weighted by molar-refractivity contribution is 6.47. The van der Waals surface area contributed by atoms with Crippen molar-refractivity contribution in [3.63, 3.8) is 0 Å². The van der Waals surface area contributed by atoms with E-state index in [0.717, 1.165) is 19.3 Å². The predicted octanol–water partition coefficient (Wildman–Crippen LogP) is 2.94. The number of aromatic amines is 1. The number of likely N-dealkylation sites (tertiary alicyclic amines) is 1. The number of hydrogen-bond donors (Lipinski definition) is 4. The Morgan fingerprint density at radius 3 is 2.62 bits per heavy atom. The normalized spacial score (nSPS) is 25.8. The van der Waals surface area contributed by atoms with E-state index >= 15 is 0 Å². The summed E-state index contributed by atoms with van der Waals surface area (Å²) < 4.78 is 0. The van der Waals surface area contributed by atoms with Crippen LogP contribution in [0.1, 0.15) is 42.6 Å². The molecule has 0 unspecified atom stereocenters. The summed E-state index contributed by atoms with van der Waals surface area (Å²) >= 11 is 18.8. The lowest BCUT2D eigenvalue weighted by Gasteiger charge is -2.29. The first-order valence-corrected chi connectivity index (χ1v) is 13.5. The van der Waals surface area contributed by atoms with Gasteiger partial charge in [-0.1, -0.05) is 41.2 Å². The summed E-state index contributed by atoms with van der Waals surface area (Å²) in [6.45, 7) is 0.163. The molecule has 2 aliphatic heterocycles. The third-order valence-electron chi connectivity index (χ3n) is 7.95. The molecule has 3 amide bonds. The Morgan fingerprint density at radius 1 is 1.14 bits per heavy atom. The molecule has 3 aliphatic rings. The van der Waals surface area contributed by atoms with Crippen LogP contribution in [0.5, 0.6) is 0 Å². The van der Waals surface area contributed by atoms with Gasteiger partial charge in [-0.05, 0) is 49.7 Å². The van der Waals surface area contributed by atoms with Gasteiger partial charge >= 0.3 is 0 Å². The largest absolute Gasteiger partial charge is 0.389 e. The number of aliphatic hydroxyl groups excluding tert-OH is 1. The highest BCUT2D eigenvalue weighted by atomic mass is 35.5. The van der Waals surface area contributed by atoms with Crippen molar-refractivity contribution in [1.29, 1.82) is 0 Å². The third kappa shape index (κ3) is 4.82. The van der Waals surface area contributed by atoms with Gasteiger partial charge in [-0.3, -0.25) is 19.2 Å². The number of aromatic nitrogens is 1. The van der Waals surface area contributed by atoms with Gasteiger partial charge in [-0.25, -0.2) is 0 Å². The van der Waals surface area contributed by atoms with E-state index in [2.05, 4.69) is 15.6 Å². The first-order valence-electron chi connectivity index (χ1n) is 12.4. The number of benzene rings is 1. The maximum atomic E-state index is 13.7. The van der Waals surface area contributed by atoms with E-state index < -0.39 is 36.3 Å². The lowest BCUT2D eigenvalue weighted by atomic mass is 9.92. The highest BCUT2D eigenvalue weighted by Crippen LogP contribution is 2.43. The number of Topliss-reactive ketones (excluding diaryl/α,β-unsaturated/α-hetero) is 1. The fourth-order valence-electron chi connectivity index (χ4n) is 6.10. The number of hydrogen-bond acceptors (Lipinski definition) is 5. The fourth-order valence-corrected chi connectivity index (χ4v) is 6.82. The van der Waals surface area contributed by atoms with Crippen LogP contribution in [0, 0.1) is 17.8 Å². The molecule has 12 heteroatoms. The Kier molecular flexibility index (Phi) is 7.42. The number of nitrogens with zero attached hydrogens (tertiary/aromatic N) is 1. The molecule has 2 aromatic rings. The molecule has 4 N–H and O–H groups in total. The molecular weight excluding hydrogens is 543 g/mol. The lowest BCUT2D eigenvalue weighted by Crippen LogP contribution is -2.53. The molecule has 2 saturated heterocycles. The molecule has 1 aliphatic carbocycles. The van der Waals surface area contributed by atoms with E-state index in [-0.39, 0.29) is 45.8 Å². The highest BCUT2D eigenvalue weighted by Gasteiger charge is 2.50. The summed E-state index contributed by atoms with van der Waals surface area (Å²) in [6.07, 6.45) is 3.30. The van der Waals surface area contributed by atoms with E-state index in [1.165, 1.54) is 6.07 Å². The van der Waals surface area contributed by atoms with E-state index in [4.69, 9.17) is 34.8 Å². The summed E-state index contributed by atoms with van der Waals surface area (Å²) in [4.78, 5) is 56.5. The number of carbonyl (C=O) groups excluding carboxylic acids is 4. The molecule has 3 fully saturated rings. The van der Waals surface area contributed by atoms with Gasteiger partial charge in [-0.2, -0.15) is 0 Å². The summed E-state index contributed by atoms with van der Waals surface area (Å²) in [6, 6.07) is 1.31. The van der Waals surface area contributed by atoms with E-state index in [0.29, 0.717) is 35.4 Å². The van der Waals surface area contributed by atoms with Gasteiger partial charge in [0.2, 0.25) is 11.8 Å². The molecule has 0 spiro atoms. The number of amides is 3. The van der Waals surface area contributed by atoms with Crippen LogP contribution in [0.3, 0.4) is 0 Å². The quantitative estimate of drug-likeness (QED) is 0.381. The Balaban J connectivity index is 1.41. The number of fused-ring (bicyclic) bond motifs is 2. The molecule has 5 rings (SSSR count). The average molecular weight is 570 g/mol. The molecule has 1 aromatic heterocycles. The molecule has 198 valence electrons. The Bertz CT molecular complexity index is 1280. The maximum absolute atomic E-state index is 13.7. The van der Waals surface area contributed by atoms with Gasteiger partial charge in [-0.15, -0.1) is 0 Å². The van der Waals surface area contributed by atoms with E-state index in [1.807, 2.05) is 0 Å². The number of aliphatic hydroxyl groups is 1. The minimum Gasteiger partial charge on any atom is -0.389 e. The standard InChI is InChI=1S/C25H27Cl3N4O5/c26-15-8-16(27)20(28)21-14(15)7-18(30-21)25(37)32-9-12-2-1-3-13(12)22(32)24(36)31-17(19(34)10-33)6-11-4-5-29-23(11)35/h7-8,11-13,17,22,30,33H,1-6,9-10H2,(H,29,35)(H,31,36)/t11-,12-,13-,17-,22-/m0/s1. The van der Waals surface area contributed by atoms with Crippen molar-refractivity contribution in [1.82, 2.24) is 20.5 Å². The minimum atomic E-state index is -1.02. The third-order valence-corrected chi connectivity index (χ3v) is 9.05. The molecule has 0 radical (unpaired) electrons. The van der Waals surface area contributed by atoms with Gasteiger partial charge in [0.25, 0.3) is 5.91 Å². The van der Waals surface area contributed by atoms with Gasteiger partial charge < -0.3 is 25.6 Å². The molecule has 5 atom stereocenters. The van der Waals surface area contributed by atoms with Gasteiger partial charge in [0.05, 0.1) is 26.6 Å². The predicted molar refractivity (Wildman–Crippen MR) is 139 cm³/mol. The maximum Gasteiger partial charge on any atom is 0.271 e. The second-order valence-corrected chi connectivity index (χ2v) is 11.3. The monoisotopic (exact) mass is 568 g/mol. The van der Waals surface area contributed by atoms with Crippen molar-refractivity contribution in [2.75, 3.05) is 19.7 Å². The first kappa shape index (κ1) is 26.3. The number of halogens is 3. The van der Waals surface area contributed by atoms with Crippen LogP contribution in [0.4, 0.5) is 0 Å². The number of nitrogens with one attached hydrogen (secondary N) is 3. The smallest absolute Gasteiger partial charge is 0.271 e. The fraction of sp³-hybridized carbons (Fsp3) is 0.520. The van der Waals surface area contributed by atoms with Crippen LogP contribution in [0.2, 0.25) is 15.1 Å². The minimum absolute atomic E-state index is 0.0467. The van der Waals surface area contributed by atoms with Crippen molar-refractivity contribution < 1.29 is 24.3 Å². The van der Waals surface area contributed by atoms with Crippen molar-refractivity contribution >= 4 is 69.2 Å². The van der Waals surface area contributed by atoms with E-state index in [1.54, 1.807) is 11.0 Å². The second kappa shape index (κ2) is 10.4. The summed E-state index contributed by atoms with van der Waals surface area (Å²) in [7, 11) is 0. The SMILES string of the molecule is O=C1NCC[C@H]1C[C@H](NC(=O)[C@@H]1[C@H]2CCC[C@H]2CN1C(=O)c1cc2c(Cl)cc(Cl)c(Cl)c2[nH]1)C(=O)CO. The second-order valence-electron chi connectivity index (χ2n) is 10.1. The first-order chi connectivity index (χ1) is 17.7. The zero-order valence-corrected chi connectivity index (χ0v) is 22.1. The summed E-state index contributed by atoms with van der Waals surface area (Å²) in [5.41, 5.74) is 0.663. The molecule has 3 heterocycles. The zero-order chi connectivity index (χ0) is 26.4. The van der Waals surface area contributed by atoms with Crippen molar-refractivity contribution in [3.05, 3.63) is 32.9 Å². The summed E-state index contributed by atoms with van der Waals surface area (Å²) in [5, 5.41) is 16.4. The molecule has 0 bridgehead atoms. The van der Waals surface area contributed by atoms with Crippen LogP contribution in [0.15, 0.2) is 12.1 Å². The van der Waals surface area contributed by atoms with Gasteiger partial charge in [0.15, 0.2) is 5.78 Å². The van der Waals surface area contributed by atoms with Crippen molar-refractivity contribution in [2.24, 2.45) is 17.8 Å². The Morgan fingerprint density at radius 2 is 1.92 bits per heavy atom. The zero-order valence-electron chi connectivity index (χ0n) is 19.9. The van der Waals surface area contributed by atoms with E-state index in [9.17, 15) is 24.3 Å². The van der Waals surface area contributed by atoms with Crippen LogP contribution < -0.4 is 10.6 Å². The van der Waals surface area contributed by atoms with Crippen molar-refractivity contribution in [3.8, 4) is 0 Å².